The number of hydrogen-bond acceptors (Lipinski definition) is 4. The third-order valence-corrected chi connectivity index (χ3v) is 2.86. The van der Waals surface area contributed by atoms with Crippen LogP contribution in [0.4, 0.5) is 0 Å². The number of piperidine rings is 1. The van der Waals surface area contributed by atoms with Crippen LogP contribution in [0.3, 0.4) is 0 Å². The first-order chi connectivity index (χ1) is 7.77. The van der Waals surface area contributed by atoms with E-state index in [1.165, 1.54) is 0 Å². The summed E-state index contributed by atoms with van der Waals surface area (Å²) in [6.45, 7) is 2.27. The van der Waals surface area contributed by atoms with Crippen LogP contribution >= 0.6 is 0 Å². The van der Waals surface area contributed by atoms with Crippen LogP contribution in [-0.4, -0.2) is 50.5 Å². The van der Waals surface area contributed by atoms with Gasteiger partial charge in [0.05, 0.1) is 18.6 Å². The quantitative estimate of drug-likeness (QED) is 0.575. The largest absolute Gasteiger partial charge is 0.396 e. The van der Waals surface area contributed by atoms with Crippen molar-refractivity contribution in [3.63, 3.8) is 0 Å². The number of ether oxygens (including phenoxy) is 1. The van der Waals surface area contributed by atoms with Gasteiger partial charge in [0, 0.05) is 20.3 Å². The summed E-state index contributed by atoms with van der Waals surface area (Å²) in [5.41, 5.74) is 0. The highest BCUT2D eigenvalue weighted by Gasteiger charge is 2.22. The highest BCUT2D eigenvalue weighted by Crippen LogP contribution is 2.10. The van der Waals surface area contributed by atoms with E-state index in [0.29, 0.717) is 13.0 Å². The van der Waals surface area contributed by atoms with Crippen LogP contribution in [0.1, 0.15) is 19.3 Å². The van der Waals surface area contributed by atoms with Crippen molar-refractivity contribution in [2.45, 2.75) is 25.3 Å². The summed E-state index contributed by atoms with van der Waals surface area (Å²) >= 11 is 0. The molecule has 1 amide bonds. The molecule has 1 aliphatic rings. The Hall–Kier alpha value is -0.650. The molecule has 0 aliphatic carbocycles. The lowest BCUT2D eigenvalue weighted by atomic mass is 9.98. The zero-order chi connectivity index (χ0) is 11.8. The standard InChI is InChI=1S/C11H22N2O3/c1-16-8-10(4-6-14)13-11(15)9-3-2-5-12-7-9/h9-10,12,14H,2-8H2,1H3,(H,13,15)/t9-,10?/m0/s1. The van der Waals surface area contributed by atoms with Crippen molar-refractivity contribution in [1.82, 2.24) is 10.6 Å². The van der Waals surface area contributed by atoms with E-state index in [9.17, 15) is 4.79 Å². The Morgan fingerprint density at radius 2 is 2.50 bits per heavy atom. The summed E-state index contributed by atoms with van der Waals surface area (Å²) in [5, 5.41) is 15.0. The van der Waals surface area contributed by atoms with Crippen LogP contribution < -0.4 is 10.6 Å². The van der Waals surface area contributed by atoms with E-state index in [0.717, 1.165) is 25.9 Å². The number of aliphatic hydroxyl groups excluding tert-OH is 1. The van der Waals surface area contributed by atoms with Crippen LogP contribution in [0, 0.1) is 5.92 Å². The van der Waals surface area contributed by atoms with Crippen LogP contribution in [0.2, 0.25) is 0 Å². The van der Waals surface area contributed by atoms with Gasteiger partial charge in [0.25, 0.3) is 0 Å². The Labute approximate surface area is 96.6 Å². The van der Waals surface area contributed by atoms with Gasteiger partial charge in [-0.3, -0.25) is 4.79 Å². The molecule has 0 aromatic rings. The molecule has 1 rings (SSSR count). The van der Waals surface area contributed by atoms with Crippen LogP contribution in [0.15, 0.2) is 0 Å². The van der Waals surface area contributed by atoms with Gasteiger partial charge in [0.2, 0.25) is 5.91 Å². The van der Waals surface area contributed by atoms with Crippen LogP contribution in [0.25, 0.3) is 0 Å². The lowest BCUT2D eigenvalue weighted by Crippen LogP contribution is -2.46. The van der Waals surface area contributed by atoms with E-state index in [1.54, 1.807) is 7.11 Å². The highest BCUT2D eigenvalue weighted by atomic mass is 16.5. The highest BCUT2D eigenvalue weighted by molar-refractivity contribution is 5.79. The Morgan fingerprint density at radius 3 is 3.06 bits per heavy atom. The van der Waals surface area contributed by atoms with Gasteiger partial charge in [0.1, 0.15) is 0 Å². The number of carbonyl (C=O) groups excluding carboxylic acids is 1. The minimum atomic E-state index is -0.0792. The first-order valence-corrected chi connectivity index (χ1v) is 5.88. The fraction of sp³-hybridized carbons (Fsp3) is 0.909. The van der Waals surface area contributed by atoms with Crippen molar-refractivity contribution in [3.05, 3.63) is 0 Å². The predicted molar refractivity (Wildman–Crippen MR) is 61.1 cm³/mol. The average molecular weight is 230 g/mol. The minimum absolute atomic E-state index is 0.0619. The fourth-order valence-corrected chi connectivity index (χ4v) is 1.95. The Kier molecular flexibility index (Phi) is 6.37. The molecular formula is C11H22N2O3. The van der Waals surface area contributed by atoms with E-state index in [-0.39, 0.29) is 24.5 Å². The van der Waals surface area contributed by atoms with Gasteiger partial charge >= 0.3 is 0 Å². The summed E-state index contributed by atoms with van der Waals surface area (Å²) in [4.78, 5) is 11.9. The molecule has 0 radical (unpaired) electrons. The number of carbonyl (C=O) groups is 1. The Bertz CT molecular complexity index is 199. The van der Waals surface area contributed by atoms with Crippen molar-refractivity contribution in [2.24, 2.45) is 5.92 Å². The molecule has 1 aliphatic heterocycles. The lowest BCUT2D eigenvalue weighted by Gasteiger charge is -2.25. The molecule has 0 aromatic heterocycles. The summed E-state index contributed by atoms with van der Waals surface area (Å²) in [5.74, 6) is 0.134. The summed E-state index contributed by atoms with van der Waals surface area (Å²) < 4.78 is 5.00. The minimum Gasteiger partial charge on any atom is -0.396 e. The van der Waals surface area contributed by atoms with Crippen molar-refractivity contribution < 1.29 is 14.6 Å². The summed E-state index contributed by atoms with van der Waals surface area (Å²) in [6.07, 6.45) is 2.53. The molecular weight excluding hydrogens is 208 g/mol. The number of aliphatic hydroxyl groups is 1. The molecule has 0 spiro atoms. The summed E-state index contributed by atoms with van der Waals surface area (Å²) in [7, 11) is 1.60. The van der Waals surface area contributed by atoms with Crippen LogP contribution in [0.5, 0.6) is 0 Å². The number of nitrogens with one attached hydrogen (secondary N) is 2. The zero-order valence-electron chi connectivity index (χ0n) is 9.87. The SMILES string of the molecule is COCC(CCO)NC(=O)[C@H]1CCCNC1. The zero-order valence-corrected chi connectivity index (χ0v) is 9.87. The normalized spacial score (nSPS) is 22.8. The molecule has 1 fully saturated rings. The maximum absolute atomic E-state index is 11.9. The van der Waals surface area contributed by atoms with Gasteiger partial charge in [-0.2, -0.15) is 0 Å². The second-order valence-corrected chi connectivity index (χ2v) is 4.22. The number of amides is 1. The van der Waals surface area contributed by atoms with Crippen LogP contribution in [-0.2, 0) is 9.53 Å². The Balaban J connectivity index is 2.33. The van der Waals surface area contributed by atoms with Gasteiger partial charge in [0.15, 0.2) is 0 Å². The molecule has 5 heteroatoms. The molecule has 0 bridgehead atoms. The maximum Gasteiger partial charge on any atom is 0.224 e. The molecule has 0 saturated carbocycles. The van der Waals surface area contributed by atoms with Crippen molar-refractivity contribution in [1.29, 1.82) is 0 Å². The first kappa shape index (κ1) is 13.4. The first-order valence-electron chi connectivity index (χ1n) is 5.88. The maximum atomic E-state index is 11.9. The summed E-state index contributed by atoms with van der Waals surface area (Å²) in [6, 6.07) is -0.0792. The van der Waals surface area contributed by atoms with E-state index < -0.39 is 0 Å². The third-order valence-electron chi connectivity index (χ3n) is 2.86. The van der Waals surface area contributed by atoms with Crippen molar-refractivity contribution in [3.8, 4) is 0 Å². The number of hydrogen-bond donors (Lipinski definition) is 3. The topological polar surface area (TPSA) is 70.6 Å². The number of rotatable bonds is 6. The molecule has 3 N–H and O–H groups in total. The molecule has 0 aromatic carbocycles. The second kappa shape index (κ2) is 7.60. The molecule has 1 unspecified atom stereocenters. The third kappa shape index (κ3) is 4.47. The predicted octanol–water partition coefficient (Wildman–Crippen LogP) is -0.500. The van der Waals surface area contributed by atoms with Gasteiger partial charge in [-0.25, -0.2) is 0 Å². The van der Waals surface area contributed by atoms with Gasteiger partial charge in [-0.05, 0) is 25.8 Å². The average Bonchev–Trinajstić information content (AvgIpc) is 2.31. The molecule has 2 atom stereocenters. The molecule has 94 valence electrons. The monoisotopic (exact) mass is 230 g/mol. The van der Waals surface area contributed by atoms with Crippen molar-refractivity contribution >= 4 is 5.91 Å². The van der Waals surface area contributed by atoms with E-state index in [1.807, 2.05) is 0 Å². The van der Waals surface area contributed by atoms with Crippen molar-refractivity contribution in [2.75, 3.05) is 33.4 Å². The van der Waals surface area contributed by atoms with E-state index in [2.05, 4.69) is 10.6 Å². The lowest BCUT2D eigenvalue weighted by molar-refractivity contribution is -0.126. The molecule has 1 saturated heterocycles. The number of methoxy groups -OCH3 is 1. The van der Waals surface area contributed by atoms with E-state index in [4.69, 9.17) is 9.84 Å². The fourth-order valence-electron chi connectivity index (χ4n) is 1.95. The molecule has 1 heterocycles. The van der Waals surface area contributed by atoms with Gasteiger partial charge < -0.3 is 20.5 Å². The molecule has 16 heavy (non-hydrogen) atoms. The smallest absolute Gasteiger partial charge is 0.224 e. The van der Waals surface area contributed by atoms with Gasteiger partial charge in [-0.1, -0.05) is 0 Å². The van der Waals surface area contributed by atoms with E-state index >= 15 is 0 Å². The second-order valence-electron chi connectivity index (χ2n) is 4.22. The van der Waals surface area contributed by atoms with Gasteiger partial charge in [-0.15, -0.1) is 0 Å². The molecule has 5 nitrogen and oxygen atoms in total. The Morgan fingerprint density at radius 1 is 1.69 bits per heavy atom.